The summed E-state index contributed by atoms with van der Waals surface area (Å²) >= 11 is 0. The van der Waals surface area contributed by atoms with Crippen molar-refractivity contribution in [1.82, 2.24) is 9.97 Å². The summed E-state index contributed by atoms with van der Waals surface area (Å²) in [4.78, 5) is 20.8. The van der Waals surface area contributed by atoms with Gasteiger partial charge in [0.05, 0.1) is 17.7 Å². The van der Waals surface area contributed by atoms with Gasteiger partial charge in [-0.15, -0.1) is 0 Å². The number of nitrogens with zero attached hydrogens (tertiary/aromatic N) is 2. The predicted molar refractivity (Wildman–Crippen MR) is 92.7 cm³/mol. The standard InChI is InChI=1S/C19H19N3O2/c1-12-6-7-13(2)16(9-12)21-18(23)10-17-14(3)24-19(22-17)15-5-4-8-20-11-15/h4-9,11H,10H2,1-3H3,(H,21,23). The number of hydrogen-bond donors (Lipinski definition) is 1. The maximum Gasteiger partial charge on any atom is 0.230 e. The first kappa shape index (κ1) is 15.9. The van der Waals surface area contributed by atoms with E-state index in [2.05, 4.69) is 15.3 Å². The molecule has 0 fully saturated rings. The van der Waals surface area contributed by atoms with Crippen molar-refractivity contribution < 1.29 is 9.21 Å². The number of oxazole rings is 1. The number of carbonyl (C=O) groups excluding carboxylic acids is 1. The Balaban J connectivity index is 1.75. The first-order valence-electron chi connectivity index (χ1n) is 7.77. The minimum atomic E-state index is -0.113. The van der Waals surface area contributed by atoms with E-state index in [-0.39, 0.29) is 12.3 Å². The number of benzene rings is 1. The van der Waals surface area contributed by atoms with E-state index in [1.165, 1.54) is 0 Å². The Kier molecular flexibility index (Phi) is 4.42. The van der Waals surface area contributed by atoms with Crippen LogP contribution in [-0.2, 0) is 11.2 Å². The van der Waals surface area contributed by atoms with Gasteiger partial charge in [-0.1, -0.05) is 12.1 Å². The van der Waals surface area contributed by atoms with Gasteiger partial charge in [0.15, 0.2) is 0 Å². The molecule has 0 saturated heterocycles. The first-order valence-corrected chi connectivity index (χ1v) is 7.77. The molecule has 1 aromatic carbocycles. The van der Waals surface area contributed by atoms with Gasteiger partial charge in [-0.3, -0.25) is 9.78 Å². The Hall–Kier alpha value is -2.95. The number of aromatic nitrogens is 2. The van der Waals surface area contributed by atoms with Crippen LogP contribution in [0.15, 0.2) is 47.1 Å². The van der Waals surface area contributed by atoms with Crippen LogP contribution in [0, 0.1) is 20.8 Å². The molecule has 0 unspecified atom stereocenters. The highest BCUT2D eigenvalue weighted by Crippen LogP contribution is 2.22. The molecule has 2 heterocycles. The topological polar surface area (TPSA) is 68.0 Å². The zero-order chi connectivity index (χ0) is 17.1. The van der Waals surface area contributed by atoms with Gasteiger partial charge in [-0.2, -0.15) is 0 Å². The smallest absolute Gasteiger partial charge is 0.230 e. The van der Waals surface area contributed by atoms with Crippen LogP contribution in [0.4, 0.5) is 5.69 Å². The number of hydrogen-bond acceptors (Lipinski definition) is 4. The van der Waals surface area contributed by atoms with Crippen molar-refractivity contribution >= 4 is 11.6 Å². The molecule has 3 rings (SSSR count). The molecule has 122 valence electrons. The number of aryl methyl sites for hydroxylation is 3. The fourth-order valence-electron chi connectivity index (χ4n) is 2.42. The van der Waals surface area contributed by atoms with Crippen LogP contribution in [0.1, 0.15) is 22.6 Å². The number of amides is 1. The Morgan fingerprint density at radius 2 is 2.04 bits per heavy atom. The number of nitrogens with one attached hydrogen (secondary N) is 1. The van der Waals surface area contributed by atoms with Gasteiger partial charge < -0.3 is 9.73 Å². The molecule has 0 aliphatic rings. The zero-order valence-corrected chi connectivity index (χ0v) is 14.0. The molecule has 0 atom stereocenters. The lowest BCUT2D eigenvalue weighted by molar-refractivity contribution is -0.115. The number of rotatable bonds is 4. The van der Waals surface area contributed by atoms with Gasteiger partial charge in [0, 0.05) is 18.1 Å². The normalized spacial score (nSPS) is 10.6. The van der Waals surface area contributed by atoms with Gasteiger partial charge in [0.1, 0.15) is 5.76 Å². The van der Waals surface area contributed by atoms with Gasteiger partial charge in [0.2, 0.25) is 11.8 Å². The van der Waals surface area contributed by atoms with E-state index in [1.54, 1.807) is 12.4 Å². The minimum Gasteiger partial charge on any atom is -0.441 e. The van der Waals surface area contributed by atoms with Crippen LogP contribution in [0.2, 0.25) is 0 Å². The summed E-state index contributed by atoms with van der Waals surface area (Å²) in [6, 6.07) is 9.67. The van der Waals surface area contributed by atoms with E-state index in [0.717, 1.165) is 22.4 Å². The molecule has 0 bridgehead atoms. The van der Waals surface area contributed by atoms with Gasteiger partial charge in [-0.25, -0.2) is 4.98 Å². The number of carbonyl (C=O) groups is 1. The molecule has 24 heavy (non-hydrogen) atoms. The lowest BCUT2D eigenvalue weighted by Crippen LogP contribution is -2.16. The molecule has 1 amide bonds. The van der Waals surface area contributed by atoms with Crippen LogP contribution >= 0.6 is 0 Å². The summed E-state index contributed by atoms with van der Waals surface area (Å²) in [6.07, 6.45) is 3.55. The fraction of sp³-hybridized carbons (Fsp3) is 0.211. The quantitative estimate of drug-likeness (QED) is 0.792. The first-order chi connectivity index (χ1) is 11.5. The fourth-order valence-corrected chi connectivity index (χ4v) is 2.42. The predicted octanol–water partition coefficient (Wildman–Crippen LogP) is 3.84. The lowest BCUT2D eigenvalue weighted by atomic mass is 10.1. The summed E-state index contributed by atoms with van der Waals surface area (Å²) in [6.45, 7) is 5.78. The second-order valence-electron chi connectivity index (χ2n) is 5.81. The molecule has 0 aliphatic heterocycles. The van der Waals surface area contributed by atoms with Crippen LogP contribution in [0.5, 0.6) is 0 Å². The van der Waals surface area contributed by atoms with Crippen molar-refractivity contribution in [3.05, 3.63) is 65.3 Å². The highest BCUT2D eigenvalue weighted by atomic mass is 16.4. The van der Waals surface area contributed by atoms with Crippen LogP contribution < -0.4 is 5.32 Å². The Bertz CT molecular complexity index is 870. The van der Waals surface area contributed by atoms with Crippen LogP contribution in [-0.4, -0.2) is 15.9 Å². The largest absolute Gasteiger partial charge is 0.441 e. The SMILES string of the molecule is Cc1ccc(C)c(NC(=O)Cc2nc(-c3cccnc3)oc2C)c1. The Morgan fingerprint density at radius 1 is 1.21 bits per heavy atom. The summed E-state index contributed by atoms with van der Waals surface area (Å²) in [5.74, 6) is 1.01. The third-order valence-electron chi connectivity index (χ3n) is 3.80. The number of pyridine rings is 1. The average Bonchev–Trinajstić information content (AvgIpc) is 2.92. The van der Waals surface area contributed by atoms with Crippen molar-refractivity contribution in [2.45, 2.75) is 27.2 Å². The molecular weight excluding hydrogens is 302 g/mol. The Morgan fingerprint density at radius 3 is 2.79 bits per heavy atom. The van der Waals surface area contributed by atoms with Crippen LogP contribution in [0.25, 0.3) is 11.5 Å². The van der Waals surface area contributed by atoms with E-state index in [4.69, 9.17) is 4.42 Å². The molecule has 0 saturated carbocycles. The van der Waals surface area contributed by atoms with E-state index in [9.17, 15) is 4.79 Å². The van der Waals surface area contributed by atoms with Crippen molar-refractivity contribution in [3.63, 3.8) is 0 Å². The van der Waals surface area contributed by atoms with Gasteiger partial charge in [-0.05, 0) is 50.1 Å². The summed E-state index contributed by atoms with van der Waals surface area (Å²) in [5.41, 5.74) is 4.39. The third kappa shape index (κ3) is 3.51. The number of anilines is 1. The van der Waals surface area contributed by atoms with Crippen molar-refractivity contribution in [2.75, 3.05) is 5.32 Å². The van der Waals surface area contributed by atoms with Crippen molar-refractivity contribution in [3.8, 4) is 11.5 Å². The third-order valence-corrected chi connectivity index (χ3v) is 3.80. The summed E-state index contributed by atoms with van der Waals surface area (Å²) in [7, 11) is 0. The zero-order valence-electron chi connectivity index (χ0n) is 14.0. The van der Waals surface area contributed by atoms with E-state index < -0.39 is 0 Å². The lowest BCUT2D eigenvalue weighted by Gasteiger charge is -2.08. The second kappa shape index (κ2) is 6.66. The minimum absolute atomic E-state index is 0.113. The molecule has 0 spiro atoms. The maximum atomic E-state index is 12.3. The summed E-state index contributed by atoms with van der Waals surface area (Å²) in [5, 5.41) is 2.94. The van der Waals surface area contributed by atoms with Gasteiger partial charge >= 0.3 is 0 Å². The molecule has 5 heteroatoms. The van der Waals surface area contributed by atoms with E-state index >= 15 is 0 Å². The average molecular weight is 321 g/mol. The van der Waals surface area contributed by atoms with Crippen molar-refractivity contribution in [1.29, 1.82) is 0 Å². The molecule has 0 radical (unpaired) electrons. The molecule has 0 aliphatic carbocycles. The van der Waals surface area contributed by atoms with Crippen LogP contribution in [0.3, 0.4) is 0 Å². The molecule has 3 aromatic rings. The molecule has 1 N–H and O–H groups in total. The monoisotopic (exact) mass is 321 g/mol. The van der Waals surface area contributed by atoms with Gasteiger partial charge in [0.25, 0.3) is 0 Å². The molecular formula is C19H19N3O2. The molecule has 5 nitrogen and oxygen atoms in total. The second-order valence-corrected chi connectivity index (χ2v) is 5.81. The Labute approximate surface area is 140 Å². The highest BCUT2D eigenvalue weighted by molar-refractivity contribution is 5.93. The van der Waals surface area contributed by atoms with Crippen molar-refractivity contribution in [2.24, 2.45) is 0 Å². The van der Waals surface area contributed by atoms with E-state index in [1.807, 2.05) is 51.1 Å². The van der Waals surface area contributed by atoms with E-state index in [0.29, 0.717) is 17.3 Å². The molecule has 2 aromatic heterocycles. The summed E-state index contributed by atoms with van der Waals surface area (Å²) < 4.78 is 5.66. The highest BCUT2D eigenvalue weighted by Gasteiger charge is 2.15. The maximum absolute atomic E-state index is 12.3.